The lowest BCUT2D eigenvalue weighted by molar-refractivity contribution is -0.151. The van der Waals surface area contributed by atoms with Gasteiger partial charge in [0.1, 0.15) is 11.6 Å². The lowest BCUT2D eigenvalue weighted by Crippen LogP contribution is -2.29. The van der Waals surface area contributed by atoms with Crippen molar-refractivity contribution >= 4 is 5.97 Å². The number of hydrogen-bond donors (Lipinski definition) is 1. The Hall–Kier alpha value is -1.62. The van der Waals surface area contributed by atoms with Gasteiger partial charge in [0, 0.05) is 11.6 Å². The molecule has 0 aromatic heterocycles. The van der Waals surface area contributed by atoms with Gasteiger partial charge in [-0.15, -0.1) is 0 Å². The van der Waals surface area contributed by atoms with Gasteiger partial charge in [-0.05, 0) is 32.4 Å². The minimum absolute atomic E-state index is 0.173. The first kappa shape index (κ1) is 16.4. The van der Waals surface area contributed by atoms with Crippen molar-refractivity contribution < 1.29 is 23.8 Å². The Morgan fingerprint density at radius 3 is 2.65 bits per heavy atom. The van der Waals surface area contributed by atoms with E-state index in [4.69, 9.17) is 9.47 Å². The molecule has 1 aromatic carbocycles. The molecule has 4 nitrogen and oxygen atoms in total. The molecule has 0 saturated carbocycles. The molecule has 0 heterocycles. The number of carbonyl (C=O) groups is 1. The van der Waals surface area contributed by atoms with Crippen LogP contribution in [0.25, 0.3) is 0 Å². The normalized spacial score (nSPS) is 13.7. The summed E-state index contributed by atoms with van der Waals surface area (Å²) < 4.78 is 23.8. The molecule has 0 aliphatic carbocycles. The van der Waals surface area contributed by atoms with Crippen LogP contribution in [-0.2, 0) is 9.53 Å². The van der Waals surface area contributed by atoms with Crippen LogP contribution in [-0.4, -0.2) is 23.8 Å². The summed E-state index contributed by atoms with van der Waals surface area (Å²) in [5.41, 5.74) is 0.441. The Morgan fingerprint density at radius 2 is 2.10 bits per heavy atom. The third-order valence-corrected chi connectivity index (χ3v) is 2.80. The van der Waals surface area contributed by atoms with Gasteiger partial charge in [0.25, 0.3) is 0 Å². The van der Waals surface area contributed by atoms with E-state index in [-0.39, 0.29) is 12.4 Å². The van der Waals surface area contributed by atoms with Gasteiger partial charge in [0.05, 0.1) is 12.7 Å². The summed E-state index contributed by atoms with van der Waals surface area (Å²) in [7, 11) is 0. The van der Waals surface area contributed by atoms with E-state index < -0.39 is 24.0 Å². The van der Waals surface area contributed by atoms with Gasteiger partial charge >= 0.3 is 5.97 Å². The van der Waals surface area contributed by atoms with Crippen LogP contribution in [0.1, 0.15) is 45.3 Å². The largest absolute Gasteiger partial charge is 0.478 e. The van der Waals surface area contributed by atoms with E-state index in [0.717, 1.165) is 6.42 Å². The van der Waals surface area contributed by atoms with E-state index in [1.807, 2.05) is 6.92 Å². The van der Waals surface area contributed by atoms with Crippen molar-refractivity contribution in [1.29, 1.82) is 0 Å². The summed E-state index contributed by atoms with van der Waals surface area (Å²) in [4.78, 5) is 11.8. The first-order valence-electron chi connectivity index (χ1n) is 6.80. The highest BCUT2D eigenvalue weighted by Gasteiger charge is 2.23. The molecule has 0 aliphatic rings. The van der Waals surface area contributed by atoms with E-state index in [9.17, 15) is 14.3 Å². The molecule has 1 unspecified atom stereocenters. The smallest absolute Gasteiger partial charge is 0.347 e. The molecule has 1 N–H and O–H groups in total. The third-order valence-electron chi connectivity index (χ3n) is 2.80. The van der Waals surface area contributed by atoms with E-state index >= 15 is 0 Å². The molecule has 1 rings (SSSR count). The maximum Gasteiger partial charge on any atom is 0.347 e. The van der Waals surface area contributed by atoms with Gasteiger partial charge in [-0.1, -0.05) is 13.3 Å². The minimum atomic E-state index is -0.810. The average molecular weight is 284 g/mol. The predicted molar refractivity (Wildman–Crippen MR) is 73.0 cm³/mol. The Balaban J connectivity index is 2.97. The predicted octanol–water partition coefficient (Wildman–Crippen LogP) is 2.99. The lowest BCUT2D eigenvalue weighted by Gasteiger charge is -2.20. The number of carbonyl (C=O) groups excluding carboxylic acids is 1. The molecule has 0 spiro atoms. The second kappa shape index (κ2) is 7.85. The number of benzene rings is 1. The maximum absolute atomic E-state index is 13.3. The Labute approximate surface area is 118 Å². The number of esters is 1. The van der Waals surface area contributed by atoms with Crippen LogP contribution < -0.4 is 4.74 Å². The van der Waals surface area contributed by atoms with Crippen LogP contribution in [0.15, 0.2) is 18.2 Å². The Kier molecular flexibility index (Phi) is 6.45. The van der Waals surface area contributed by atoms with E-state index in [0.29, 0.717) is 12.0 Å². The second-order valence-corrected chi connectivity index (χ2v) is 4.51. The molecule has 20 heavy (non-hydrogen) atoms. The zero-order valence-corrected chi connectivity index (χ0v) is 12.1. The van der Waals surface area contributed by atoms with Crippen molar-refractivity contribution in [2.24, 2.45) is 0 Å². The molecule has 0 amide bonds. The summed E-state index contributed by atoms with van der Waals surface area (Å²) in [6.07, 6.45) is -0.411. The van der Waals surface area contributed by atoms with Crippen LogP contribution in [0, 0.1) is 5.82 Å². The van der Waals surface area contributed by atoms with Gasteiger partial charge in [-0.2, -0.15) is 0 Å². The molecular formula is C15H21FO4. The topological polar surface area (TPSA) is 55.8 Å². The van der Waals surface area contributed by atoms with Crippen LogP contribution in [0.2, 0.25) is 0 Å². The van der Waals surface area contributed by atoms with Gasteiger partial charge in [0.15, 0.2) is 6.10 Å². The second-order valence-electron chi connectivity index (χ2n) is 4.51. The standard InChI is InChI=1S/C15H21FO4/c1-4-6-13(15(18)19-5-2)20-14-9-11(16)7-8-12(14)10(3)17/h7-10,13,17H,4-6H2,1-3H3/t10-,13?/m0/s1. The van der Waals surface area contributed by atoms with Gasteiger partial charge in [0.2, 0.25) is 0 Å². The molecule has 5 heteroatoms. The van der Waals surface area contributed by atoms with Crippen molar-refractivity contribution in [2.45, 2.75) is 45.8 Å². The van der Waals surface area contributed by atoms with Crippen molar-refractivity contribution in [3.05, 3.63) is 29.6 Å². The van der Waals surface area contributed by atoms with Crippen LogP contribution in [0.5, 0.6) is 5.75 Å². The Morgan fingerprint density at radius 1 is 1.40 bits per heavy atom. The number of hydrogen-bond acceptors (Lipinski definition) is 4. The van der Waals surface area contributed by atoms with Crippen LogP contribution in [0.4, 0.5) is 4.39 Å². The quantitative estimate of drug-likeness (QED) is 0.782. The van der Waals surface area contributed by atoms with Crippen molar-refractivity contribution in [2.75, 3.05) is 6.61 Å². The molecular weight excluding hydrogens is 263 g/mol. The van der Waals surface area contributed by atoms with Crippen molar-refractivity contribution in [1.82, 2.24) is 0 Å². The summed E-state index contributed by atoms with van der Waals surface area (Å²) in [6.45, 7) is 5.44. The Bertz CT molecular complexity index is 445. The molecule has 112 valence electrons. The fourth-order valence-electron chi connectivity index (χ4n) is 1.83. The number of aliphatic hydroxyl groups is 1. The van der Waals surface area contributed by atoms with Gasteiger partial charge in [-0.25, -0.2) is 9.18 Å². The molecule has 0 aliphatic heterocycles. The molecule has 0 fully saturated rings. The van der Waals surface area contributed by atoms with Crippen LogP contribution >= 0.6 is 0 Å². The van der Waals surface area contributed by atoms with E-state index in [2.05, 4.69) is 0 Å². The third kappa shape index (κ3) is 4.49. The highest BCUT2D eigenvalue weighted by molar-refractivity contribution is 5.75. The first-order valence-corrected chi connectivity index (χ1v) is 6.80. The highest BCUT2D eigenvalue weighted by atomic mass is 19.1. The number of halogens is 1. The average Bonchev–Trinajstić information content (AvgIpc) is 2.38. The van der Waals surface area contributed by atoms with Gasteiger partial charge < -0.3 is 14.6 Å². The zero-order valence-electron chi connectivity index (χ0n) is 12.1. The minimum Gasteiger partial charge on any atom is -0.478 e. The summed E-state index contributed by atoms with van der Waals surface area (Å²) in [5.74, 6) is -0.787. The molecule has 1 aromatic rings. The van der Waals surface area contributed by atoms with E-state index in [1.54, 1.807) is 13.8 Å². The SMILES string of the molecule is CCCC(Oc1cc(F)ccc1[C@H](C)O)C(=O)OCC. The first-order chi connectivity index (χ1) is 9.49. The fraction of sp³-hybridized carbons (Fsp3) is 0.533. The number of ether oxygens (including phenoxy) is 2. The van der Waals surface area contributed by atoms with E-state index in [1.165, 1.54) is 18.2 Å². The maximum atomic E-state index is 13.3. The van der Waals surface area contributed by atoms with Crippen LogP contribution in [0.3, 0.4) is 0 Å². The number of aliphatic hydroxyl groups excluding tert-OH is 1. The fourth-order valence-corrected chi connectivity index (χ4v) is 1.83. The number of rotatable bonds is 7. The molecule has 0 bridgehead atoms. The summed E-state index contributed by atoms with van der Waals surface area (Å²) in [6, 6.07) is 3.86. The molecule has 2 atom stereocenters. The lowest BCUT2D eigenvalue weighted by atomic mass is 10.1. The zero-order chi connectivity index (χ0) is 15.1. The highest BCUT2D eigenvalue weighted by Crippen LogP contribution is 2.27. The van der Waals surface area contributed by atoms with Gasteiger partial charge in [-0.3, -0.25) is 0 Å². The summed E-state index contributed by atoms with van der Waals surface area (Å²) >= 11 is 0. The molecule has 0 radical (unpaired) electrons. The monoisotopic (exact) mass is 284 g/mol. The van der Waals surface area contributed by atoms with Crippen molar-refractivity contribution in [3.8, 4) is 5.75 Å². The molecule has 0 saturated heterocycles. The van der Waals surface area contributed by atoms with Crippen molar-refractivity contribution in [3.63, 3.8) is 0 Å². The summed E-state index contributed by atoms with van der Waals surface area (Å²) in [5, 5.41) is 9.66.